The summed E-state index contributed by atoms with van der Waals surface area (Å²) in [5, 5.41) is 2.53. The minimum Gasteiger partial charge on any atom is -0.450 e. The summed E-state index contributed by atoms with van der Waals surface area (Å²) < 4.78 is 164. The van der Waals surface area contributed by atoms with E-state index in [1.54, 1.807) is 0 Å². The number of sulfone groups is 1. The topological polar surface area (TPSA) is 81.7 Å². The van der Waals surface area contributed by atoms with Gasteiger partial charge in [0.2, 0.25) is 0 Å². The van der Waals surface area contributed by atoms with Crippen molar-refractivity contribution in [3.05, 3.63) is 101 Å². The molecule has 49 heavy (non-hydrogen) atoms. The Kier molecular flexibility index (Phi) is 10.6. The van der Waals surface area contributed by atoms with Crippen molar-refractivity contribution in [1.29, 1.82) is 0 Å². The van der Waals surface area contributed by atoms with Crippen molar-refractivity contribution in [3.63, 3.8) is 0 Å². The Morgan fingerprint density at radius 3 is 1.88 bits per heavy atom. The fraction of sp³-hybridized carbons (Fsp3) is 0.406. The molecule has 3 aromatic carbocycles. The molecule has 1 aliphatic rings. The molecule has 4 rings (SSSR count). The lowest BCUT2D eigenvalue weighted by Crippen LogP contribution is -2.57. The first kappa shape index (κ1) is 38.2. The van der Waals surface area contributed by atoms with Gasteiger partial charge in [-0.3, -0.25) is 0 Å². The minimum absolute atomic E-state index is 0.112. The molecule has 3 aromatic rings. The van der Waals surface area contributed by atoms with Gasteiger partial charge in [-0.15, -0.1) is 0 Å². The van der Waals surface area contributed by atoms with Gasteiger partial charge in [-0.1, -0.05) is 50.0 Å². The average Bonchev–Trinajstić information content (AvgIpc) is 2.94. The molecule has 1 N–H and O–H groups in total. The number of carbonyl (C=O) groups excluding carboxylic acids is 1. The largest absolute Gasteiger partial charge is 0.450 e. The number of rotatable bonds is 11. The molecule has 6 nitrogen and oxygen atoms in total. The Hall–Kier alpha value is -3.57. The molecular formula is C32H32F9NO5SSi. The van der Waals surface area contributed by atoms with E-state index in [1.807, 2.05) is 0 Å². The molecule has 0 atom stereocenters. The lowest BCUT2D eigenvalue weighted by Gasteiger charge is -2.47. The van der Waals surface area contributed by atoms with E-state index < -0.39 is 87.9 Å². The van der Waals surface area contributed by atoms with Crippen LogP contribution in [0.2, 0.25) is 25.7 Å². The van der Waals surface area contributed by atoms with Gasteiger partial charge in [0.05, 0.1) is 18.1 Å². The van der Waals surface area contributed by atoms with E-state index in [1.165, 1.54) is 0 Å². The van der Waals surface area contributed by atoms with Gasteiger partial charge in [0.15, 0.2) is 9.84 Å². The zero-order chi connectivity index (χ0) is 36.6. The summed E-state index contributed by atoms with van der Waals surface area (Å²) >= 11 is 0. The highest BCUT2D eigenvalue weighted by atomic mass is 32.2. The van der Waals surface area contributed by atoms with Crippen LogP contribution in [0.15, 0.2) is 71.6 Å². The Morgan fingerprint density at radius 1 is 0.857 bits per heavy atom. The van der Waals surface area contributed by atoms with E-state index in [0.29, 0.717) is 30.3 Å². The SMILES string of the molecule is C[Si](C)(C)CCOC(=O)NC1CC(c2ccc(C(OCc3c(F)cccc3F)(C(F)(F)F)C(F)(F)F)cc2)(S(=O)(=O)c2ccc(F)cc2)C1. The van der Waals surface area contributed by atoms with Crippen molar-refractivity contribution in [2.75, 3.05) is 6.61 Å². The van der Waals surface area contributed by atoms with Crippen LogP contribution in [0.5, 0.6) is 0 Å². The van der Waals surface area contributed by atoms with Crippen LogP contribution in [0.3, 0.4) is 0 Å². The Morgan fingerprint density at radius 2 is 1.39 bits per heavy atom. The summed E-state index contributed by atoms with van der Waals surface area (Å²) in [6, 6.07) is 7.85. The zero-order valence-corrected chi connectivity index (χ0v) is 28.1. The first-order valence-corrected chi connectivity index (χ1v) is 20.0. The van der Waals surface area contributed by atoms with E-state index in [0.717, 1.165) is 42.5 Å². The van der Waals surface area contributed by atoms with Gasteiger partial charge in [0.1, 0.15) is 22.2 Å². The number of alkyl halides is 6. The number of carbonyl (C=O) groups is 1. The fourth-order valence-corrected chi connectivity index (χ4v) is 8.49. The van der Waals surface area contributed by atoms with Crippen LogP contribution in [0.1, 0.15) is 29.5 Å². The van der Waals surface area contributed by atoms with Gasteiger partial charge in [0.25, 0.3) is 5.60 Å². The van der Waals surface area contributed by atoms with Crippen LogP contribution in [0.4, 0.5) is 44.3 Å². The third-order valence-corrected chi connectivity index (χ3v) is 12.5. The number of amides is 1. The minimum atomic E-state index is -6.21. The summed E-state index contributed by atoms with van der Waals surface area (Å²) in [4.78, 5) is 12.0. The monoisotopic (exact) mass is 741 g/mol. The maximum Gasteiger partial charge on any atom is 0.430 e. The summed E-state index contributed by atoms with van der Waals surface area (Å²) in [6.07, 6.45) is -14.0. The molecule has 0 saturated heterocycles. The van der Waals surface area contributed by atoms with Crippen molar-refractivity contribution in [2.24, 2.45) is 0 Å². The second kappa shape index (κ2) is 13.6. The number of hydrogen-bond donors (Lipinski definition) is 1. The number of halogens is 9. The number of benzene rings is 3. The van der Waals surface area contributed by atoms with Crippen LogP contribution >= 0.6 is 0 Å². The quantitative estimate of drug-likeness (QED) is 0.121. The van der Waals surface area contributed by atoms with Gasteiger partial charge in [-0.05, 0) is 60.8 Å². The molecule has 0 aromatic heterocycles. The lowest BCUT2D eigenvalue weighted by atomic mass is 9.74. The number of hydrogen-bond acceptors (Lipinski definition) is 5. The zero-order valence-electron chi connectivity index (χ0n) is 26.3. The Bertz CT molecular complexity index is 1720. The maximum atomic E-state index is 14.4. The highest BCUT2D eigenvalue weighted by molar-refractivity contribution is 7.92. The molecular weight excluding hydrogens is 709 g/mol. The van der Waals surface area contributed by atoms with Crippen molar-refractivity contribution < 1.29 is 62.2 Å². The highest BCUT2D eigenvalue weighted by Crippen LogP contribution is 2.55. The smallest absolute Gasteiger partial charge is 0.430 e. The van der Waals surface area contributed by atoms with Crippen LogP contribution in [0.25, 0.3) is 0 Å². The van der Waals surface area contributed by atoms with Gasteiger partial charge in [-0.2, -0.15) is 26.3 Å². The van der Waals surface area contributed by atoms with Crippen LogP contribution in [0, 0.1) is 17.5 Å². The predicted molar refractivity (Wildman–Crippen MR) is 162 cm³/mol. The van der Waals surface area contributed by atoms with Crippen molar-refractivity contribution in [1.82, 2.24) is 5.32 Å². The second-order valence-electron chi connectivity index (χ2n) is 12.9. The van der Waals surface area contributed by atoms with Crippen LogP contribution in [-0.2, 0) is 36.3 Å². The molecule has 17 heteroatoms. The van der Waals surface area contributed by atoms with Gasteiger partial charge in [0, 0.05) is 25.2 Å². The number of alkyl carbamates (subject to hydrolysis) is 1. The maximum absolute atomic E-state index is 14.4. The van der Waals surface area contributed by atoms with E-state index in [-0.39, 0.29) is 29.9 Å². The highest BCUT2D eigenvalue weighted by Gasteiger charge is 2.73. The van der Waals surface area contributed by atoms with Crippen LogP contribution in [-0.4, -0.2) is 47.6 Å². The first-order valence-electron chi connectivity index (χ1n) is 14.8. The molecule has 0 bridgehead atoms. The molecule has 0 unspecified atom stereocenters. The molecule has 0 radical (unpaired) electrons. The summed E-state index contributed by atoms with van der Waals surface area (Å²) in [5.74, 6) is -3.64. The van der Waals surface area contributed by atoms with Crippen molar-refractivity contribution in [2.45, 2.75) is 78.8 Å². The van der Waals surface area contributed by atoms with E-state index in [9.17, 15) is 52.7 Å². The summed E-state index contributed by atoms with van der Waals surface area (Å²) in [5.41, 5.74) is -8.03. The molecule has 0 aliphatic heterocycles. The van der Waals surface area contributed by atoms with E-state index in [2.05, 4.69) is 29.7 Å². The first-order chi connectivity index (χ1) is 22.5. The standard InChI is InChI=1S/C32H32F9NO5SSi/c1-49(2,3)16-15-46-28(43)42-23-17-29(18-23,48(44,45)24-13-11-22(33)12-14-24)20-7-9-21(10-8-20)30(31(36,37)38,32(39,40)41)47-19-25-26(34)5-4-6-27(25)35/h4-14,23H,15-19H2,1-3H3,(H,42,43). The average molecular weight is 742 g/mol. The number of ether oxygens (including phenoxy) is 2. The molecule has 1 aliphatic carbocycles. The molecule has 1 amide bonds. The van der Waals surface area contributed by atoms with E-state index in [4.69, 9.17) is 4.74 Å². The van der Waals surface area contributed by atoms with Crippen molar-refractivity contribution in [3.8, 4) is 0 Å². The van der Waals surface area contributed by atoms with Gasteiger partial charge in [-0.25, -0.2) is 26.4 Å². The molecule has 1 saturated carbocycles. The Balaban J connectivity index is 1.72. The summed E-state index contributed by atoms with van der Waals surface area (Å²) in [6.45, 7) is 4.53. The molecule has 1 fully saturated rings. The van der Waals surface area contributed by atoms with Crippen LogP contribution < -0.4 is 5.32 Å². The fourth-order valence-electron chi connectivity index (χ4n) is 5.54. The third kappa shape index (κ3) is 7.62. The Labute approximate surface area is 277 Å². The van der Waals surface area contributed by atoms with Crippen molar-refractivity contribution >= 4 is 24.0 Å². The molecule has 0 spiro atoms. The lowest BCUT2D eigenvalue weighted by molar-refractivity contribution is -0.392. The number of nitrogens with one attached hydrogen (secondary N) is 1. The van der Waals surface area contributed by atoms with Gasteiger partial charge >= 0.3 is 18.4 Å². The molecule has 0 heterocycles. The summed E-state index contributed by atoms with van der Waals surface area (Å²) in [7, 11) is -6.07. The second-order valence-corrected chi connectivity index (χ2v) is 20.8. The van der Waals surface area contributed by atoms with E-state index >= 15 is 0 Å². The molecule has 268 valence electrons. The van der Waals surface area contributed by atoms with Gasteiger partial charge < -0.3 is 14.8 Å². The normalized spacial score (nSPS) is 18.9. The third-order valence-electron chi connectivity index (χ3n) is 8.31. The predicted octanol–water partition coefficient (Wildman–Crippen LogP) is 8.54.